The van der Waals surface area contributed by atoms with Gasteiger partial charge in [-0.1, -0.05) is 24.1 Å². The maximum Gasteiger partial charge on any atom is 0.322 e. The Morgan fingerprint density at radius 3 is 3.12 bits per heavy atom. The Morgan fingerprint density at radius 2 is 2.36 bits per heavy atom. The zero-order valence-electron chi connectivity index (χ0n) is 14.0. The second-order valence-electron chi connectivity index (χ2n) is 7.59. The number of rotatable bonds is 2. The number of hydrogen-bond donors (Lipinski definition) is 2. The minimum Gasteiger partial charge on any atom is -0.320 e. The lowest BCUT2D eigenvalue weighted by Gasteiger charge is -2.28. The predicted octanol–water partition coefficient (Wildman–Crippen LogP) is 4.09. The second kappa shape index (κ2) is 5.49. The van der Waals surface area contributed by atoms with Crippen molar-refractivity contribution in [3.8, 4) is 0 Å². The molecular formula is C19H21ClN4O. The molecule has 2 fully saturated rings. The van der Waals surface area contributed by atoms with Crippen LogP contribution in [0.5, 0.6) is 0 Å². The van der Waals surface area contributed by atoms with Crippen LogP contribution in [0.2, 0.25) is 5.02 Å². The Balaban J connectivity index is 1.35. The van der Waals surface area contributed by atoms with Crippen LogP contribution in [0.25, 0.3) is 0 Å². The highest BCUT2D eigenvalue weighted by atomic mass is 35.5. The van der Waals surface area contributed by atoms with Gasteiger partial charge >= 0.3 is 6.03 Å². The minimum absolute atomic E-state index is 0.0728. The minimum atomic E-state index is -0.0728. The third-order valence-electron chi connectivity index (χ3n) is 6.18. The number of urea groups is 1. The van der Waals surface area contributed by atoms with E-state index in [2.05, 4.69) is 15.5 Å². The molecule has 6 heteroatoms. The molecular weight excluding hydrogens is 336 g/mol. The van der Waals surface area contributed by atoms with Crippen molar-refractivity contribution < 1.29 is 4.79 Å². The van der Waals surface area contributed by atoms with Crippen molar-refractivity contribution in [2.45, 2.75) is 44.1 Å². The molecule has 2 aliphatic carbocycles. The van der Waals surface area contributed by atoms with E-state index in [1.54, 1.807) is 12.1 Å². The maximum atomic E-state index is 12.7. The van der Waals surface area contributed by atoms with Gasteiger partial charge in [-0.2, -0.15) is 5.10 Å². The summed E-state index contributed by atoms with van der Waals surface area (Å²) in [4.78, 5) is 14.6. The molecule has 3 aliphatic rings. The second-order valence-corrected chi connectivity index (χ2v) is 8.03. The number of fused-ring (bicyclic) bond motifs is 2. The van der Waals surface area contributed by atoms with E-state index in [-0.39, 0.29) is 6.03 Å². The molecule has 0 spiro atoms. The topological polar surface area (TPSA) is 61.0 Å². The highest BCUT2D eigenvalue weighted by molar-refractivity contribution is 6.30. The molecule has 2 heterocycles. The van der Waals surface area contributed by atoms with E-state index in [0.717, 1.165) is 18.0 Å². The molecule has 1 aliphatic heterocycles. The molecule has 2 saturated carbocycles. The molecule has 130 valence electrons. The van der Waals surface area contributed by atoms with Crippen LogP contribution in [0.3, 0.4) is 0 Å². The van der Waals surface area contributed by atoms with E-state index in [0.29, 0.717) is 23.5 Å². The van der Waals surface area contributed by atoms with Gasteiger partial charge in [0.1, 0.15) is 0 Å². The van der Waals surface area contributed by atoms with Gasteiger partial charge in [-0.3, -0.25) is 5.10 Å². The van der Waals surface area contributed by atoms with E-state index in [4.69, 9.17) is 11.6 Å². The number of benzene rings is 1. The number of aromatic nitrogens is 2. The van der Waals surface area contributed by atoms with Crippen molar-refractivity contribution in [2.75, 3.05) is 11.9 Å². The van der Waals surface area contributed by atoms with E-state index in [1.807, 2.05) is 17.0 Å². The van der Waals surface area contributed by atoms with Crippen LogP contribution >= 0.6 is 11.6 Å². The van der Waals surface area contributed by atoms with Gasteiger partial charge in [0.15, 0.2) is 0 Å². The number of carbonyl (C=O) groups excluding carboxylic acids is 1. The van der Waals surface area contributed by atoms with Gasteiger partial charge in [0.2, 0.25) is 0 Å². The fourth-order valence-corrected chi connectivity index (χ4v) is 4.98. The van der Waals surface area contributed by atoms with E-state index in [1.165, 1.54) is 42.6 Å². The van der Waals surface area contributed by atoms with E-state index in [9.17, 15) is 4.79 Å². The van der Waals surface area contributed by atoms with Gasteiger partial charge in [-0.15, -0.1) is 0 Å². The van der Waals surface area contributed by atoms with Crippen LogP contribution in [0.1, 0.15) is 42.6 Å². The number of hydrogen-bond acceptors (Lipinski definition) is 2. The molecule has 5 rings (SSSR count). The summed E-state index contributed by atoms with van der Waals surface area (Å²) in [5.41, 5.74) is 4.76. The smallest absolute Gasteiger partial charge is 0.320 e. The summed E-state index contributed by atoms with van der Waals surface area (Å²) in [6, 6.07) is 7.19. The Kier molecular flexibility index (Phi) is 3.35. The number of H-pyrrole nitrogens is 1. The molecule has 1 aromatic carbocycles. The van der Waals surface area contributed by atoms with Gasteiger partial charge in [0.05, 0.1) is 12.2 Å². The Morgan fingerprint density at radius 1 is 1.44 bits per heavy atom. The SMILES string of the molecule is O=C(Nc1cccc(Cl)c1)N1CCc2[nH]nc(C34CCCC3C4)c2C1. The van der Waals surface area contributed by atoms with E-state index < -0.39 is 0 Å². The van der Waals surface area contributed by atoms with Gasteiger partial charge < -0.3 is 10.2 Å². The first kappa shape index (κ1) is 15.3. The fraction of sp³-hybridized carbons (Fsp3) is 0.474. The lowest BCUT2D eigenvalue weighted by Crippen LogP contribution is -2.39. The number of carbonyl (C=O) groups is 1. The van der Waals surface area contributed by atoms with Crippen molar-refractivity contribution >= 4 is 23.3 Å². The zero-order valence-corrected chi connectivity index (χ0v) is 14.8. The van der Waals surface area contributed by atoms with Crippen LogP contribution in [0.15, 0.2) is 24.3 Å². The van der Waals surface area contributed by atoms with Crippen molar-refractivity contribution in [1.82, 2.24) is 15.1 Å². The normalized spacial score (nSPS) is 26.9. The lowest BCUT2D eigenvalue weighted by molar-refractivity contribution is 0.206. The number of nitrogens with zero attached hydrogens (tertiary/aromatic N) is 2. The predicted molar refractivity (Wildman–Crippen MR) is 96.8 cm³/mol. The molecule has 2 N–H and O–H groups in total. The molecule has 2 unspecified atom stereocenters. The first-order valence-electron chi connectivity index (χ1n) is 9.04. The number of aromatic amines is 1. The first-order chi connectivity index (χ1) is 12.2. The first-order valence-corrected chi connectivity index (χ1v) is 9.42. The average molecular weight is 357 g/mol. The molecule has 0 saturated heterocycles. The third-order valence-corrected chi connectivity index (χ3v) is 6.41. The lowest BCUT2D eigenvalue weighted by atomic mass is 9.92. The zero-order chi connectivity index (χ0) is 17.0. The summed E-state index contributed by atoms with van der Waals surface area (Å²) in [7, 11) is 0. The largest absolute Gasteiger partial charge is 0.322 e. The number of nitrogens with one attached hydrogen (secondary N) is 2. The van der Waals surface area contributed by atoms with Crippen molar-refractivity contribution in [3.63, 3.8) is 0 Å². The molecule has 2 amide bonds. The van der Waals surface area contributed by atoms with Gasteiger partial charge in [0, 0.05) is 40.3 Å². The number of anilines is 1. The van der Waals surface area contributed by atoms with Crippen LogP contribution < -0.4 is 5.32 Å². The molecule has 5 nitrogen and oxygen atoms in total. The Hall–Kier alpha value is -2.01. The summed E-state index contributed by atoms with van der Waals surface area (Å²) in [5.74, 6) is 0.815. The molecule has 25 heavy (non-hydrogen) atoms. The van der Waals surface area contributed by atoms with Crippen molar-refractivity contribution in [2.24, 2.45) is 5.92 Å². The van der Waals surface area contributed by atoms with Crippen LogP contribution in [-0.4, -0.2) is 27.7 Å². The summed E-state index contributed by atoms with van der Waals surface area (Å²) in [6.07, 6.45) is 6.01. The summed E-state index contributed by atoms with van der Waals surface area (Å²) >= 11 is 6.00. The van der Waals surface area contributed by atoms with Gasteiger partial charge in [-0.25, -0.2) is 4.79 Å². The fourth-order valence-electron chi connectivity index (χ4n) is 4.79. The van der Waals surface area contributed by atoms with Gasteiger partial charge in [0.25, 0.3) is 0 Å². The van der Waals surface area contributed by atoms with Crippen LogP contribution in [-0.2, 0) is 18.4 Å². The quantitative estimate of drug-likeness (QED) is 0.851. The van der Waals surface area contributed by atoms with Gasteiger partial charge in [-0.05, 0) is 43.4 Å². The Labute approximate surface area is 151 Å². The highest BCUT2D eigenvalue weighted by Gasteiger charge is 2.60. The molecule has 0 bridgehead atoms. The standard InChI is InChI=1S/C19H21ClN4O/c20-13-4-1-5-14(9-13)21-18(25)24-8-6-16-15(11-24)17(23-22-16)19-7-2-3-12(19)10-19/h1,4-5,9,12H,2-3,6-8,10-11H2,(H,21,25)(H,22,23). The summed E-state index contributed by atoms with van der Waals surface area (Å²) in [5, 5.41) is 11.5. The number of amides is 2. The van der Waals surface area contributed by atoms with Crippen molar-refractivity contribution in [1.29, 1.82) is 0 Å². The molecule has 2 atom stereocenters. The third kappa shape index (κ3) is 2.44. The highest BCUT2D eigenvalue weighted by Crippen LogP contribution is 2.64. The average Bonchev–Trinajstić information content (AvgIpc) is 2.96. The van der Waals surface area contributed by atoms with Crippen molar-refractivity contribution in [3.05, 3.63) is 46.2 Å². The summed E-state index contributed by atoms with van der Waals surface area (Å²) < 4.78 is 0. The van der Waals surface area contributed by atoms with Crippen LogP contribution in [0, 0.1) is 5.92 Å². The number of halogens is 1. The maximum absolute atomic E-state index is 12.7. The van der Waals surface area contributed by atoms with Crippen LogP contribution in [0.4, 0.5) is 10.5 Å². The molecule has 0 radical (unpaired) electrons. The monoisotopic (exact) mass is 356 g/mol. The Bertz CT molecular complexity index is 848. The summed E-state index contributed by atoms with van der Waals surface area (Å²) in [6.45, 7) is 1.35. The molecule has 2 aromatic rings. The molecule has 1 aromatic heterocycles. The van der Waals surface area contributed by atoms with E-state index >= 15 is 0 Å².